The van der Waals surface area contributed by atoms with E-state index in [4.69, 9.17) is 16.3 Å². The predicted octanol–water partition coefficient (Wildman–Crippen LogP) is 5.84. The van der Waals surface area contributed by atoms with Gasteiger partial charge < -0.3 is 9.72 Å². The van der Waals surface area contributed by atoms with Crippen molar-refractivity contribution >= 4 is 27.5 Å². The molecule has 1 N–H and O–H groups in total. The Bertz CT molecular complexity index is 763. The average Bonchev–Trinajstić information content (AvgIpc) is 2.82. The van der Waals surface area contributed by atoms with Gasteiger partial charge in [-0.05, 0) is 47.5 Å². The molecule has 1 aromatic heterocycles. The fourth-order valence-corrected chi connectivity index (χ4v) is 2.97. The first-order valence-corrected chi connectivity index (χ1v) is 8.11. The Labute approximate surface area is 150 Å². The molecule has 0 radical (unpaired) electrons. The van der Waals surface area contributed by atoms with Crippen molar-refractivity contribution < 1.29 is 17.9 Å². The maximum Gasteiger partial charge on any atom is 0.432 e. The molecular formula is C16H13BrClF3N2O. The Morgan fingerprint density at radius 1 is 1.25 bits per heavy atom. The molecule has 0 aliphatic rings. The van der Waals surface area contributed by atoms with E-state index in [-0.39, 0.29) is 21.8 Å². The first-order valence-electron chi connectivity index (χ1n) is 6.94. The largest absolute Gasteiger partial charge is 0.432 e. The maximum absolute atomic E-state index is 13.1. The van der Waals surface area contributed by atoms with Gasteiger partial charge in [0, 0.05) is 5.02 Å². The summed E-state index contributed by atoms with van der Waals surface area (Å²) in [6, 6.07) is 8.34. The second-order valence-corrected chi connectivity index (χ2v) is 6.56. The van der Waals surface area contributed by atoms with Crippen LogP contribution in [0.5, 0.6) is 0 Å². The van der Waals surface area contributed by atoms with Gasteiger partial charge in [-0.2, -0.15) is 18.4 Å². The molecule has 0 saturated carbocycles. The third kappa shape index (κ3) is 3.94. The number of benzene rings is 1. The summed E-state index contributed by atoms with van der Waals surface area (Å²) in [4.78, 5) is 2.31. The Morgan fingerprint density at radius 2 is 1.83 bits per heavy atom. The Morgan fingerprint density at radius 3 is 2.29 bits per heavy atom. The summed E-state index contributed by atoms with van der Waals surface area (Å²) in [6.45, 7) is 3.52. The number of alkyl halides is 3. The van der Waals surface area contributed by atoms with Crippen molar-refractivity contribution in [1.82, 2.24) is 4.98 Å². The van der Waals surface area contributed by atoms with E-state index >= 15 is 0 Å². The highest BCUT2D eigenvalue weighted by atomic mass is 79.9. The number of nitrogens with one attached hydrogen (secondary N) is 1. The van der Waals surface area contributed by atoms with Crippen LogP contribution >= 0.6 is 27.5 Å². The van der Waals surface area contributed by atoms with Gasteiger partial charge in [0.15, 0.2) is 0 Å². The lowest BCUT2D eigenvalue weighted by molar-refractivity contribution is -0.141. The SMILES string of the molecule is CC(C)OC(c1ccc(Cl)cc1)c1[nH]c(C(F)(F)F)c(Br)c1C#N. The number of hydrogen-bond acceptors (Lipinski definition) is 2. The maximum atomic E-state index is 13.1. The van der Waals surface area contributed by atoms with Crippen molar-refractivity contribution in [3.8, 4) is 6.07 Å². The van der Waals surface area contributed by atoms with Crippen LogP contribution in [-0.4, -0.2) is 11.1 Å². The van der Waals surface area contributed by atoms with Gasteiger partial charge in [0.05, 0.1) is 21.8 Å². The Hall–Kier alpha value is -1.49. The van der Waals surface area contributed by atoms with Crippen molar-refractivity contribution in [2.75, 3.05) is 0 Å². The molecule has 0 saturated heterocycles. The number of hydrogen-bond donors (Lipinski definition) is 1. The summed E-state index contributed by atoms with van der Waals surface area (Å²) < 4.78 is 44.8. The Balaban J connectivity index is 2.62. The minimum Gasteiger partial charge on any atom is -0.365 e. The van der Waals surface area contributed by atoms with E-state index in [0.29, 0.717) is 10.6 Å². The highest BCUT2D eigenvalue weighted by molar-refractivity contribution is 9.10. The molecule has 0 spiro atoms. The lowest BCUT2D eigenvalue weighted by Crippen LogP contribution is -2.14. The highest BCUT2D eigenvalue weighted by Crippen LogP contribution is 2.41. The second-order valence-electron chi connectivity index (χ2n) is 5.33. The van der Waals surface area contributed by atoms with Gasteiger partial charge in [0.25, 0.3) is 0 Å². The minimum atomic E-state index is -4.62. The van der Waals surface area contributed by atoms with Crippen molar-refractivity contribution in [3.63, 3.8) is 0 Å². The Kier molecular flexibility index (Phi) is 5.63. The van der Waals surface area contributed by atoms with Crippen molar-refractivity contribution in [2.24, 2.45) is 0 Å². The molecule has 0 bridgehead atoms. The molecule has 0 aliphatic carbocycles. The van der Waals surface area contributed by atoms with Gasteiger partial charge in [0.1, 0.15) is 17.9 Å². The second kappa shape index (κ2) is 7.18. The van der Waals surface area contributed by atoms with Crippen LogP contribution in [0.2, 0.25) is 5.02 Å². The summed E-state index contributed by atoms with van der Waals surface area (Å²) in [5.74, 6) is 0. The van der Waals surface area contributed by atoms with E-state index in [1.165, 1.54) is 0 Å². The van der Waals surface area contributed by atoms with Crippen LogP contribution in [0.15, 0.2) is 28.7 Å². The van der Waals surface area contributed by atoms with E-state index in [2.05, 4.69) is 20.9 Å². The van der Waals surface area contributed by atoms with Crippen LogP contribution in [0.4, 0.5) is 13.2 Å². The van der Waals surface area contributed by atoms with Crippen LogP contribution in [0, 0.1) is 11.3 Å². The molecule has 3 nitrogen and oxygen atoms in total. The molecule has 0 amide bonds. The molecular weight excluding hydrogens is 409 g/mol. The number of H-pyrrole nitrogens is 1. The number of nitrogens with zero attached hydrogens (tertiary/aromatic N) is 1. The molecule has 1 unspecified atom stereocenters. The quantitative estimate of drug-likeness (QED) is 0.674. The highest BCUT2D eigenvalue weighted by Gasteiger charge is 2.39. The molecule has 24 heavy (non-hydrogen) atoms. The third-order valence-electron chi connectivity index (χ3n) is 3.21. The van der Waals surface area contributed by atoms with Gasteiger partial charge in [-0.15, -0.1) is 0 Å². The minimum absolute atomic E-state index is 0.0488. The summed E-state index contributed by atoms with van der Waals surface area (Å²) in [5, 5.41) is 9.80. The zero-order valence-corrected chi connectivity index (χ0v) is 15.1. The standard InChI is InChI=1S/C16H13BrClF3N2O/c1-8(2)24-14(9-3-5-10(18)6-4-9)13-11(7-22)12(17)15(23-13)16(19,20)21/h3-6,8,14,23H,1-2H3. The fourth-order valence-electron chi connectivity index (χ4n) is 2.22. The zero-order chi connectivity index (χ0) is 18.1. The van der Waals surface area contributed by atoms with E-state index in [9.17, 15) is 18.4 Å². The van der Waals surface area contributed by atoms with Crippen molar-refractivity contribution in [1.29, 1.82) is 5.26 Å². The van der Waals surface area contributed by atoms with Crippen LogP contribution < -0.4 is 0 Å². The van der Waals surface area contributed by atoms with E-state index < -0.39 is 18.0 Å². The predicted molar refractivity (Wildman–Crippen MR) is 87.7 cm³/mol. The molecule has 2 rings (SSSR count). The summed E-state index contributed by atoms with van der Waals surface area (Å²) in [6.07, 6.45) is -5.75. The first kappa shape index (κ1) is 18.8. The molecule has 1 atom stereocenters. The molecule has 0 fully saturated rings. The van der Waals surface area contributed by atoms with Crippen LogP contribution in [0.1, 0.15) is 42.5 Å². The van der Waals surface area contributed by atoms with Crippen molar-refractivity contribution in [3.05, 3.63) is 56.3 Å². The molecule has 0 aliphatic heterocycles. The normalized spacial score (nSPS) is 13.1. The van der Waals surface area contributed by atoms with Gasteiger partial charge in [-0.1, -0.05) is 23.7 Å². The van der Waals surface area contributed by atoms with Gasteiger partial charge in [-0.25, -0.2) is 0 Å². The van der Waals surface area contributed by atoms with E-state index in [1.54, 1.807) is 38.1 Å². The average molecular weight is 422 g/mol. The molecule has 128 valence electrons. The number of nitriles is 1. The topological polar surface area (TPSA) is 48.8 Å². The number of rotatable bonds is 4. The molecule has 8 heteroatoms. The number of aromatic amines is 1. The van der Waals surface area contributed by atoms with Crippen LogP contribution in [0.3, 0.4) is 0 Å². The van der Waals surface area contributed by atoms with Gasteiger partial charge >= 0.3 is 6.18 Å². The third-order valence-corrected chi connectivity index (χ3v) is 4.25. The fraction of sp³-hybridized carbons (Fsp3) is 0.312. The molecule has 1 heterocycles. The van der Waals surface area contributed by atoms with Gasteiger partial charge in [-0.3, -0.25) is 0 Å². The summed E-state index contributed by atoms with van der Waals surface area (Å²) in [5.41, 5.74) is -0.511. The molecule has 1 aromatic carbocycles. The van der Waals surface area contributed by atoms with E-state index in [1.807, 2.05) is 6.07 Å². The van der Waals surface area contributed by atoms with Gasteiger partial charge in [0.2, 0.25) is 0 Å². The van der Waals surface area contributed by atoms with Crippen LogP contribution in [0.25, 0.3) is 0 Å². The zero-order valence-electron chi connectivity index (χ0n) is 12.7. The molecule has 2 aromatic rings. The lowest BCUT2D eigenvalue weighted by atomic mass is 10.0. The smallest absolute Gasteiger partial charge is 0.365 e. The van der Waals surface area contributed by atoms with Crippen LogP contribution in [-0.2, 0) is 10.9 Å². The lowest BCUT2D eigenvalue weighted by Gasteiger charge is -2.21. The number of halogens is 5. The van der Waals surface area contributed by atoms with Crippen molar-refractivity contribution in [2.45, 2.75) is 32.2 Å². The van der Waals surface area contributed by atoms with E-state index in [0.717, 1.165) is 0 Å². The summed E-state index contributed by atoms with van der Waals surface area (Å²) in [7, 11) is 0. The first-order chi connectivity index (χ1) is 11.1. The number of ether oxygens (including phenoxy) is 1. The monoisotopic (exact) mass is 420 g/mol. The number of aromatic nitrogens is 1. The summed E-state index contributed by atoms with van der Waals surface area (Å²) >= 11 is 8.72.